The highest BCUT2D eigenvalue weighted by molar-refractivity contribution is 5.88. The summed E-state index contributed by atoms with van der Waals surface area (Å²) in [5.74, 6) is 0.598. The molecule has 0 spiro atoms. The van der Waals surface area contributed by atoms with Gasteiger partial charge in [-0.3, -0.25) is 4.79 Å². The van der Waals surface area contributed by atoms with Gasteiger partial charge in [0, 0.05) is 20.0 Å². The van der Waals surface area contributed by atoms with Gasteiger partial charge in [-0.25, -0.2) is 4.39 Å². The first kappa shape index (κ1) is 15.6. The number of halogens is 1. The molecule has 1 aromatic carbocycles. The molecule has 1 aliphatic rings. The lowest BCUT2D eigenvalue weighted by molar-refractivity contribution is -0.126. The highest BCUT2D eigenvalue weighted by Gasteiger charge is 2.42. The molecular formula is C17H21FN4O. The zero-order valence-corrected chi connectivity index (χ0v) is 13.3. The predicted molar refractivity (Wildman–Crippen MR) is 84.3 cm³/mol. The van der Waals surface area contributed by atoms with E-state index in [1.807, 2.05) is 11.6 Å². The van der Waals surface area contributed by atoms with E-state index in [0.717, 1.165) is 37.1 Å². The van der Waals surface area contributed by atoms with E-state index >= 15 is 0 Å². The molecule has 0 aliphatic heterocycles. The highest BCUT2D eigenvalue weighted by atomic mass is 19.1. The summed E-state index contributed by atoms with van der Waals surface area (Å²) in [6.07, 6.45) is 5.96. The Morgan fingerprint density at radius 3 is 2.61 bits per heavy atom. The van der Waals surface area contributed by atoms with E-state index in [9.17, 15) is 9.18 Å². The Bertz CT molecular complexity index is 674. The Morgan fingerprint density at radius 1 is 1.30 bits per heavy atom. The molecule has 3 rings (SSSR count). The van der Waals surface area contributed by atoms with Crippen molar-refractivity contribution in [2.45, 2.75) is 37.5 Å². The molecule has 0 saturated heterocycles. The summed E-state index contributed by atoms with van der Waals surface area (Å²) in [6, 6.07) is 6.34. The van der Waals surface area contributed by atoms with Crippen molar-refractivity contribution in [3.8, 4) is 0 Å². The fourth-order valence-corrected chi connectivity index (χ4v) is 3.38. The molecule has 0 atom stereocenters. The third-order valence-corrected chi connectivity index (χ3v) is 4.73. The number of carbonyl (C=O) groups excluding carboxylic acids is 1. The average molecular weight is 316 g/mol. The molecule has 1 saturated carbocycles. The third kappa shape index (κ3) is 3.11. The van der Waals surface area contributed by atoms with Gasteiger partial charge in [-0.1, -0.05) is 25.0 Å². The zero-order chi connectivity index (χ0) is 16.3. The van der Waals surface area contributed by atoms with Crippen LogP contribution in [0.4, 0.5) is 4.39 Å². The van der Waals surface area contributed by atoms with E-state index in [4.69, 9.17) is 0 Å². The summed E-state index contributed by atoms with van der Waals surface area (Å²) >= 11 is 0. The number of nitrogens with one attached hydrogen (secondary N) is 1. The van der Waals surface area contributed by atoms with Crippen molar-refractivity contribution in [2.75, 3.05) is 6.54 Å². The van der Waals surface area contributed by atoms with Gasteiger partial charge in [0.1, 0.15) is 18.0 Å². The maximum absolute atomic E-state index is 13.2. The summed E-state index contributed by atoms with van der Waals surface area (Å²) in [5, 5.41) is 10.9. The fraction of sp³-hybridized carbons (Fsp3) is 0.471. The van der Waals surface area contributed by atoms with Crippen LogP contribution in [0.25, 0.3) is 0 Å². The lowest BCUT2D eigenvalue weighted by atomic mass is 9.78. The standard InChI is InChI=1S/C17H21FN4O/c1-22-12-20-21-15(22)8-11-19-16(23)17(9-2-3-10-17)13-4-6-14(18)7-5-13/h4-7,12H,2-3,8-11H2,1H3,(H,19,23). The molecule has 1 heterocycles. The van der Waals surface area contributed by atoms with E-state index in [0.29, 0.717) is 13.0 Å². The van der Waals surface area contributed by atoms with Crippen LogP contribution < -0.4 is 5.32 Å². The average Bonchev–Trinajstić information content (AvgIpc) is 3.18. The summed E-state index contributed by atoms with van der Waals surface area (Å²) in [6.45, 7) is 0.522. The van der Waals surface area contributed by atoms with Crippen molar-refractivity contribution in [2.24, 2.45) is 7.05 Å². The molecule has 1 fully saturated rings. The van der Waals surface area contributed by atoms with Crippen molar-refractivity contribution in [1.82, 2.24) is 20.1 Å². The molecule has 0 bridgehead atoms. The molecule has 23 heavy (non-hydrogen) atoms. The lowest BCUT2D eigenvalue weighted by Gasteiger charge is -2.28. The van der Waals surface area contributed by atoms with Crippen LogP contribution in [-0.4, -0.2) is 27.2 Å². The molecule has 1 N–H and O–H groups in total. The van der Waals surface area contributed by atoms with E-state index < -0.39 is 5.41 Å². The second kappa shape index (κ2) is 6.48. The fourth-order valence-electron chi connectivity index (χ4n) is 3.38. The second-order valence-corrected chi connectivity index (χ2v) is 6.16. The van der Waals surface area contributed by atoms with E-state index in [2.05, 4.69) is 15.5 Å². The topological polar surface area (TPSA) is 59.8 Å². The summed E-state index contributed by atoms with van der Waals surface area (Å²) in [4.78, 5) is 12.8. The van der Waals surface area contributed by atoms with Gasteiger partial charge in [0.2, 0.25) is 5.91 Å². The van der Waals surface area contributed by atoms with Gasteiger partial charge in [0.25, 0.3) is 0 Å². The van der Waals surface area contributed by atoms with Gasteiger partial charge in [-0.15, -0.1) is 10.2 Å². The predicted octanol–water partition coefficient (Wildman–Crippen LogP) is 2.12. The molecule has 1 amide bonds. The quantitative estimate of drug-likeness (QED) is 0.919. The van der Waals surface area contributed by atoms with E-state index in [1.54, 1.807) is 18.5 Å². The van der Waals surface area contributed by atoms with Crippen molar-refractivity contribution < 1.29 is 9.18 Å². The smallest absolute Gasteiger partial charge is 0.230 e. The van der Waals surface area contributed by atoms with Crippen LogP contribution in [0, 0.1) is 5.82 Å². The highest BCUT2D eigenvalue weighted by Crippen LogP contribution is 2.41. The number of aryl methyl sites for hydroxylation is 1. The van der Waals surface area contributed by atoms with Gasteiger partial charge < -0.3 is 9.88 Å². The summed E-state index contributed by atoms with van der Waals surface area (Å²) in [5.41, 5.74) is 0.390. The molecule has 1 aromatic heterocycles. The molecule has 2 aromatic rings. The Labute approximate surface area is 134 Å². The van der Waals surface area contributed by atoms with Crippen LogP contribution in [0.5, 0.6) is 0 Å². The number of rotatable bonds is 5. The molecular weight excluding hydrogens is 295 g/mol. The number of carbonyl (C=O) groups is 1. The minimum absolute atomic E-state index is 0.0313. The first-order chi connectivity index (χ1) is 11.1. The van der Waals surface area contributed by atoms with Crippen LogP contribution in [0.2, 0.25) is 0 Å². The van der Waals surface area contributed by atoms with Gasteiger partial charge in [0.15, 0.2) is 0 Å². The Kier molecular flexibility index (Phi) is 4.41. The normalized spacial score (nSPS) is 16.4. The van der Waals surface area contributed by atoms with Gasteiger partial charge in [-0.05, 0) is 30.5 Å². The number of amides is 1. The van der Waals surface area contributed by atoms with Crippen LogP contribution >= 0.6 is 0 Å². The van der Waals surface area contributed by atoms with Gasteiger partial charge in [-0.2, -0.15) is 0 Å². The van der Waals surface area contributed by atoms with Crippen LogP contribution in [-0.2, 0) is 23.7 Å². The van der Waals surface area contributed by atoms with Crippen molar-refractivity contribution in [1.29, 1.82) is 0 Å². The number of hydrogen-bond acceptors (Lipinski definition) is 3. The minimum atomic E-state index is -0.520. The van der Waals surface area contributed by atoms with Crippen molar-refractivity contribution >= 4 is 5.91 Å². The first-order valence-corrected chi connectivity index (χ1v) is 7.99. The summed E-state index contributed by atoms with van der Waals surface area (Å²) < 4.78 is 15.0. The van der Waals surface area contributed by atoms with Gasteiger partial charge >= 0.3 is 0 Å². The first-order valence-electron chi connectivity index (χ1n) is 7.99. The third-order valence-electron chi connectivity index (χ3n) is 4.73. The largest absolute Gasteiger partial charge is 0.355 e. The zero-order valence-electron chi connectivity index (χ0n) is 13.3. The monoisotopic (exact) mass is 316 g/mol. The van der Waals surface area contributed by atoms with Crippen LogP contribution in [0.15, 0.2) is 30.6 Å². The summed E-state index contributed by atoms with van der Waals surface area (Å²) in [7, 11) is 1.88. The lowest BCUT2D eigenvalue weighted by Crippen LogP contribution is -2.43. The number of benzene rings is 1. The SMILES string of the molecule is Cn1cnnc1CCNC(=O)C1(c2ccc(F)cc2)CCCC1. The molecule has 6 heteroatoms. The number of nitrogens with zero attached hydrogens (tertiary/aromatic N) is 3. The van der Waals surface area contributed by atoms with E-state index in [-0.39, 0.29) is 11.7 Å². The van der Waals surface area contributed by atoms with Gasteiger partial charge in [0.05, 0.1) is 5.41 Å². The van der Waals surface area contributed by atoms with Crippen LogP contribution in [0.3, 0.4) is 0 Å². The number of aromatic nitrogens is 3. The molecule has 5 nitrogen and oxygen atoms in total. The van der Waals surface area contributed by atoms with Crippen LogP contribution in [0.1, 0.15) is 37.1 Å². The van der Waals surface area contributed by atoms with Crippen molar-refractivity contribution in [3.05, 3.63) is 47.8 Å². The maximum atomic E-state index is 13.2. The second-order valence-electron chi connectivity index (χ2n) is 6.16. The molecule has 122 valence electrons. The Hall–Kier alpha value is -2.24. The van der Waals surface area contributed by atoms with E-state index in [1.165, 1.54) is 12.1 Å². The Balaban J connectivity index is 1.69. The number of hydrogen-bond donors (Lipinski definition) is 1. The molecule has 0 radical (unpaired) electrons. The maximum Gasteiger partial charge on any atom is 0.230 e. The molecule has 1 aliphatic carbocycles. The minimum Gasteiger partial charge on any atom is -0.355 e. The van der Waals surface area contributed by atoms with Crippen molar-refractivity contribution in [3.63, 3.8) is 0 Å². The molecule has 0 unspecified atom stereocenters. The Morgan fingerprint density at radius 2 is 2.00 bits per heavy atom.